The van der Waals surface area contributed by atoms with Crippen LogP contribution in [0.3, 0.4) is 0 Å². The van der Waals surface area contributed by atoms with E-state index in [1.807, 2.05) is 19.9 Å². The van der Waals surface area contributed by atoms with Crippen LogP contribution in [-0.2, 0) is 4.79 Å². The summed E-state index contributed by atoms with van der Waals surface area (Å²) in [6.45, 7) is 3.92. The average molecular weight is 292 g/mol. The van der Waals surface area contributed by atoms with Crippen molar-refractivity contribution in [2.24, 2.45) is 0 Å². The van der Waals surface area contributed by atoms with Crippen molar-refractivity contribution in [1.82, 2.24) is 9.55 Å². The number of aliphatic carboxylic acids is 1. The summed E-state index contributed by atoms with van der Waals surface area (Å²) in [5.41, 5.74) is 0.489. The van der Waals surface area contributed by atoms with Gasteiger partial charge in [0.25, 0.3) is 5.56 Å². The summed E-state index contributed by atoms with van der Waals surface area (Å²) < 4.78 is 1.59. The first-order valence-corrected chi connectivity index (χ1v) is 7.39. The number of aromatic nitrogens is 2. The topological polar surface area (TPSA) is 72.2 Å². The highest BCUT2D eigenvalue weighted by atomic mass is 32.2. The van der Waals surface area contributed by atoms with Crippen LogP contribution >= 0.6 is 11.8 Å². The summed E-state index contributed by atoms with van der Waals surface area (Å²) in [6, 6.07) is 7.11. The largest absolute Gasteiger partial charge is 0.481 e. The Labute approximate surface area is 120 Å². The molecular formula is C14H16N2O3S. The third kappa shape index (κ3) is 2.85. The van der Waals surface area contributed by atoms with E-state index in [-0.39, 0.29) is 17.4 Å². The van der Waals surface area contributed by atoms with E-state index in [4.69, 9.17) is 5.11 Å². The summed E-state index contributed by atoms with van der Waals surface area (Å²) in [5, 5.41) is 9.83. The first-order valence-electron chi connectivity index (χ1n) is 6.40. The van der Waals surface area contributed by atoms with E-state index in [1.54, 1.807) is 22.8 Å². The summed E-state index contributed by atoms with van der Waals surface area (Å²) in [5.74, 6) is -1.03. The van der Waals surface area contributed by atoms with E-state index in [2.05, 4.69) is 4.98 Å². The van der Waals surface area contributed by atoms with Gasteiger partial charge in [0.2, 0.25) is 0 Å². The van der Waals surface area contributed by atoms with Crippen LogP contribution in [0.2, 0.25) is 0 Å². The number of rotatable bonds is 5. The van der Waals surface area contributed by atoms with Gasteiger partial charge in [-0.3, -0.25) is 14.2 Å². The monoisotopic (exact) mass is 292 g/mol. The lowest BCUT2D eigenvalue weighted by molar-refractivity contribution is -0.133. The molecule has 5 nitrogen and oxygen atoms in total. The molecule has 1 atom stereocenters. The van der Waals surface area contributed by atoms with E-state index in [1.165, 1.54) is 0 Å². The Morgan fingerprint density at radius 3 is 2.80 bits per heavy atom. The quantitative estimate of drug-likeness (QED) is 0.677. The average Bonchev–Trinajstić information content (AvgIpc) is 2.44. The van der Waals surface area contributed by atoms with Crippen molar-refractivity contribution in [3.05, 3.63) is 34.6 Å². The van der Waals surface area contributed by atoms with Crippen LogP contribution < -0.4 is 5.56 Å². The highest BCUT2D eigenvalue weighted by Gasteiger charge is 2.16. The smallest absolute Gasteiger partial charge is 0.313 e. The van der Waals surface area contributed by atoms with Crippen LogP contribution in [0, 0.1) is 0 Å². The predicted octanol–water partition coefficient (Wildman–Crippen LogP) is 2.54. The molecule has 2 rings (SSSR count). The van der Waals surface area contributed by atoms with E-state index >= 15 is 0 Å². The number of carbonyl (C=O) groups is 1. The fourth-order valence-corrected chi connectivity index (χ4v) is 2.74. The third-order valence-corrected chi connectivity index (χ3v) is 4.07. The van der Waals surface area contributed by atoms with Crippen LogP contribution in [0.4, 0.5) is 0 Å². The molecule has 0 aliphatic carbocycles. The first kappa shape index (κ1) is 14.6. The van der Waals surface area contributed by atoms with Gasteiger partial charge in [-0.15, -0.1) is 0 Å². The number of carboxylic acids is 1. The minimum Gasteiger partial charge on any atom is -0.481 e. The number of para-hydroxylation sites is 1. The Morgan fingerprint density at radius 2 is 2.15 bits per heavy atom. The van der Waals surface area contributed by atoms with Crippen molar-refractivity contribution in [1.29, 1.82) is 0 Å². The zero-order valence-electron chi connectivity index (χ0n) is 11.4. The van der Waals surface area contributed by atoms with Crippen molar-refractivity contribution in [3.8, 4) is 0 Å². The van der Waals surface area contributed by atoms with Crippen LogP contribution in [0.5, 0.6) is 0 Å². The molecule has 1 aromatic heterocycles. The van der Waals surface area contributed by atoms with Crippen LogP contribution in [0.25, 0.3) is 10.9 Å². The molecule has 1 aromatic carbocycles. The minimum atomic E-state index is -0.923. The highest BCUT2D eigenvalue weighted by Crippen LogP contribution is 2.22. The Kier molecular flexibility index (Phi) is 4.44. The van der Waals surface area contributed by atoms with Gasteiger partial charge in [-0.25, -0.2) is 4.98 Å². The van der Waals surface area contributed by atoms with Gasteiger partial charge in [-0.1, -0.05) is 30.8 Å². The number of hydrogen-bond donors (Lipinski definition) is 1. The summed E-state index contributed by atoms with van der Waals surface area (Å²) in [4.78, 5) is 27.7. The zero-order chi connectivity index (χ0) is 14.7. The third-order valence-electron chi connectivity index (χ3n) is 3.13. The summed E-state index contributed by atoms with van der Waals surface area (Å²) in [7, 11) is 0. The Bertz CT molecular complexity index is 696. The van der Waals surface area contributed by atoms with Gasteiger partial charge in [0.1, 0.15) is 0 Å². The van der Waals surface area contributed by atoms with E-state index in [9.17, 15) is 9.59 Å². The van der Waals surface area contributed by atoms with E-state index in [0.717, 1.165) is 18.2 Å². The molecule has 1 N–H and O–H groups in total. The van der Waals surface area contributed by atoms with Gasteiger partial charge in [-0.05, 0) is 25.5 Å². The second kappa shape index (κ2) is 6.09. The highest BCUT2D eigenvalue weighted by molar-refractivity contribution is 7.99. The molecule has 0 aliphatic heterocycles. The van der Waals surface area contributed by atoms with Crippen LogP contribution in [-0.4, -0.2) is 26.4 Å². The molecule has 6 heteroatoms. The molecule has 0 spiro atoms. The lowest BCUT2D eigenvalue weighted by Gasteiger charge is -2.17. The molecule has 1 unspecified atom stereocenters. The molecule has 0 aliphatic rings. The van der Waals surface area contributed by atoms with Crippen molar-refractivity contribution >= 4 is 28.6 Å². The Morgan fingerprint density at radius 1 is 1.45 bits per heavy atom. The lowest BCUT2D eigenvalue weighted by atomic mass is 10.2. The van der Waals surface area contributed by atoms with Gasteiger partial charge < -0.3 is 5.11 Å². The maximum Gasteiger partial charge on any atom is 0.313 e. The van der Waals surface area contributed by atoms with Crippen molar-refractivity contribution in [2.75, 3.05) is 5.75 Å². The second-order valence-corrected chi connectivity index (χ2v) is 5.47. The molecule has 1 heterocycles. The molecule has 2 aromatic rings. The maximum absolute atomic E-state index is 12.6. The van der Waals surface area contributed by atoms with E-state index in [0.29, 0.717) is 16.1 Å². The van der Waals surface area contributed by atoms with Crippen molar-refractivity contribution in [3.63, 3.8) is 0 Å². The molecule has 0 fully saturated rings. The summed E-state index contributed by atoms with van der Waals surface area (Å²) in [6.07, 6.45) is 0.778. The van der Waals surface area contributed by atoms with Gasteiger partial charge in [0.15, 0.2) is 5.16 Å². The lowest BCUT2D eigenvalue weighted by Crippen LogP contribution is -2.26. The predicted molar refractivity (Wildman–Crippen MR) is 79.4 cm³/mol. The zero-order valence-corrected chi connectivity index (χ0v) is 12.2. The fraction of sp³-hybridized carbons (Fsp3) is 0.357. The standard InChI is InChI=1S/C14H16N2O3S/c1-3-9(2)16-13(19)10-6-4-5-7-11(10)15-14(16)20-8-12(17)18/h4-7,9H,3,8H2,1-2H3,(H,17,18). The molecule has 0 bridgehead atoms. The van der Waals surface area contributed by atoms with Crippen molar-refractivity contribution < 1.29 is 9.90 Å². The van der Waals surface area contributed by atoms with Gasteiger partial charge in [0, 0.05) is 6.04 Å². The number of benzene rings is 1. The Hall–Kier alpha value is -1.82. The summed E-state index contributed by atoms with van der Waals surface area (Å²) >= 11 is 1.08. The maximum atomic E-state index is 12.6. The molecule has 106 valence electrons. The minimum absolute atomic E-state index is 0.0177. The molecule has 0 amide bonds. The number of fused-ring (bicyclic) bond motifs is 1. The number of thioether (sulfide) groups is 1. The normalized spacial score (nSPS) is 12.5. The number of carboxylic acid groups (broad SMARTS) is 1. The van der Waals surface area contributed by atoms with Gasteiger partial charge in [0.05, 0.1) is 16.7 Å². The van der Waals surface area contributed by atoms with Gasteiger partial charge in [-0.2, -0.15) is 0 Å². The number of nitrogens with zero attached hydrogens (tertiary/aromatic N) is 2. The molecule has 20 heavy (non-hydrogen) atoms. The molecular weight excluding hydrogens is 276 g/mol. The van der Waals surface area contributed by atoms with Crippen molar-refractivity contribution in [2.45, 2.75) is 31.5 Å². The van der Waals surface area contributed by atoms with Crippen LogP contribution in [0.1, 0.15) is 26.3 Å². The molecule has 0 saturated carbocycles. The van der Waals surface area contributed by atoms with E-state index < -0.39 is 5.97 Å². The molecule has 0 radical (unpaired) electrons. The van der Waals surface area contributed by atoms with Gasteiger partial charge >= 0.3 is 5.97 Å². The SMILES string of the molecule is CCC(C)n1c(SCC(=O)O)nc2ccccc2c1=O. The second-order valence-electron chi connectivity index (χ2n) is 4.53. The fourth-order valence-electron chi connectivity index (χ4n) is 1.92. The Balaban J connectivity index is 2.63. The number of hydrogen-bond acceptors (Lipinski definition) is 4. The molecule has 0 saturated heterocycles. The van der Waals surface area contributed by atoms with Crippen LogP contribution in [0.15, 0.2) is 34.2 Å². The first-order chi connectivity index (χ1) is 9.54.